The maximum Gasteiger partial charge on any atom is 0.282 e. The molecular formula is C10H18N3O3S-. The minimum atomic E-state index is -2.51. The van der Waals surface area contributed by atoms with Crippen LogP contribution in [0.15, 0.2) is 11.9 Å². The second-order valence-electron chi connectivity index (χ2n) is 3.92. The zero-order valence-corrected chi connectivity index (χ0v) is 11.0. The van der Waals surface area contributed by atoms with E-state index >= 15 is 0 Å². The Kier molecular flexibility index (Phi) is 5.43. The third-order valence-electron chi connectivity index (χ3n) is 2.57. The third-order valence-corrected chi connectivity index (χ3v) is 3.28. The van der Waals surface area contributed by atoms with Crippen molar-refractivity contribution in [2.24, 2.45) is 0 Å². The number of likely N-dealkylation sites (N-methyl/N-ethyl adjacent to an activating group) is 1. The molecule has 1 heterocycles. The molecular weight excluding hydrogens is 242 g/mol. The molecule has 1 aliphatic rings. The van der Waals surface area contributed by atoms with E-state index in [4.69, 9.17) is 0 Å². The summed E-state index contributed by atoms with van der Waals surface area (Å²) in [5.74, 6) is -0.470. The van der Waals surface area contributed by atoms with Gasteiger partial charge < -0.3 is 14.8 Å². The second-order valence-corrected chi connectivity index (χ2v) is 4.80. The van der Waals surface area contributed by atoms with E-state index in [0.29, 0.717) is 18.8 Å². The largest absolute Gasteiger partial charge is 0.755 e. The first kappa shape index (κ1) is 14.0. The van der Waals surface area contributed by atoms with Gasteiger partial charge in [0.05, 0.1) is 17.9 Å². The summed E-state index contributed by atoms with van der Waals surface area (Å²) >= 11 is -2.51. The van der Waals surface area contributed by atoms with Gasteiger partial charge in [0.15, 0.2) is 0 Å². The number of rotatable bonds is 6. The molecule has 0 bridgehead atoms. The van der Waals surface area contributed by atoms with Crippen molar-refractivity contribution in [2.45, 2.75) is 26.2 Å². The molecule has 0 aliphatic carbocycles. The zero-order valence-electron chi connectivity index (χ0n) is 10.1. The summed E-state index contributed by atoms with van der Waals surface area (Å²) in [7, 11) is 1.74. The molecule has 0 spiro atoms. The van der Waals surface area contributed by atoms with E-state index in [0.717, 1.165) is 17.1 Å². The average Bonchev–Trinajstić information content (AvgIpc) is 2.69. The Morgan fingerprint density at radius 3 is 2.82 bits per heavy atom. The zero-order chi connectivity index (χ0) is 12.8. The van der Waals surface area contributed by atoms with Crippen molar-refractivity contribution in [1.29, 1.82) is 0 Å². The Morgan fingerprint density at radius 1 is 1.65 bits per heavy atom. The fraction of sp³-hybridized carbons (Fsp3) is 0.700. The molecule has 0 fully saturated rings. The van der Waals surface area contributed by atoms with Crippen LogP contribution in [-0.2, 0) is 16.1 Å². The van der Waals surface area contributed by atoms with Crippen molar-refractivity contribution >= 4 is 17.2 Å². The fourth-order valence-corrected chi connectivity index (χ4v) is 2.08. The first-order valence-corrected chi connectivity index (χ1v) is 6.67. The summed E-state index contributed by atoms with van der Waals surface area (Å²) in [6.07, 6.45) is 4.13. The Bertz CT molecular complexity index is 333. The van der Waals surface area contributed by atoms with Crippen LogP contribution in [0.3, 0.4) is 0 Å². The van der Waals surface area contributed by atoms with Crippen LogP contribution in [0.2, 0.25) is 0 Å². The number of nitrogens with one attached hydrogen (secondary N) is 1. The van der Waals surface area contributed by atoms with Crippen LogP contribution in [0, 0.1) is 0 Å². The Labute approximate surface area is 104 Å². The predicted molar refractivity (Wildman–Crippen MR) is 64.0 cm³/mol. The van der Waals surface area contributed by atoms with Crippen LogP contribution in [0.1, 0.15) is 26.2 Å². The lowest BCUT2D eigenvalue weighted by molar-refractivity contribution is -0.124. The quantitative estimate of drug-likeness (QED) is 0.543. The van der Waals surface area contributed by atoms with Crippen molar-refractivity contribution in [3.63, 3.8) is 0 Å². The number of nitrogens with zero attached hydrogens (tertiary/aromatic N) is 2. The van der Waals surface area contributed by atoms with Gasteiger partial charge in [-0.1, -0.05) is 19.8 Å². The van der Waals surface area contributed by atoms with E-state index < -0.39 is 17.2 Å². The molecule has 0 saturated heterocycles. The monoisotopic (exact) mass is 260 g/mol. The molecule has 1 rings (SSSR count). The van der Waals surface area contributed by atoms with Crippen molar-refractivity contribution < 1.29 is 13.6 Å². The maximum absolute atomic E-state index is 12.0. The molecule has 98 valence electrons. The van der Waals surface area contributed by atoms with E-state index in [2.05, 4.69) is 5.32 Å². The molecule has 7 heteroatoms. The van der Waals surface area contributed by atoms with Gasteiger partial charge in [-0.05, 0) is 6.42 Å². The van der Waals surface area contributed by atoms with Crippen molar-refractivity contribution in [2.75, 3.05) is 20.3 Å². The van der Waals surface area contributed by atoms with Crippen molar-refractivity contribution in [3.8, 4) is 0 Å². The molecule has 17 heavy (non-hydrogen) atoms. The highest BCUT2D eigenvalue weighted by Gasteiger charge is 2.24. The Hall–Kier alpha value is -1.08. The summed E-state index contributed by atoms with van der Waals surface area (Å²) in [5.41, 5.74) is 0.380. The lowest BCUT2D eigenvalue weighted by Crippen LogP contribution is -2.37. The summed E-state index contributed by atoms with van der Waals surface area (Å²) in [6.45, 7) is 2.79. The molecule has 1 unspecified atom stereocenters. The van der Waals surface area contributed by atoms with E-state index in [1.165, 1.54) is 0 Å². The third kappa shape index (κ3) is 3.71. The average molecular weight is 260 g/mol. The molecule has 1 amide bonds. The molecule has 6 nitrogen and oxygen atoms in total. The summed E-state index contributed by atoms with van der Waals surface area (Å²) in [5, 5.41) is 2.88. The van der Waals surface area contributed by atoms with Gasteiger partial charge in [0.1, 0.15) is 5.70 Å². The van der Waals surface area contributed by atoms with Gasteiger partial charge in [-0.2, -0.15) is 0 Å². The van der Waals surface area contributed by atoms with Crippen molar-refractivity contribution in [3.05, 3.63) is 11.9 Å². The van der Waals surface area contributed by atoms with Crippen LogP contribution in [-0.4, -0.2) is 44.1 Å². The van der Waals surface area contributed by atoms with Gasteiger partial charge in [0, 0.05) is 19.8 Å². The lowest BCUT2D eigenvalue weighted by Gasteiger charge is -2.26. The Balaban J connectivity index is 2.64. The fourth-order valence-electron chi connectivity index (χ4n) is 1.58. The van der Waals surface area contributed by atoms with Crippen LogP contribution in [0.4, 0.5) is 0 Å². The molecule has 0 aromatic heterocycles. The summed E-state index contributed by atoms with van der Waals surface area (Å²) < 4.78 is 23.0. The summed E-state index contributed by atoms with van der Waals surface area (Å²) in [6, 6.07) is 0. The molecule has 0 aromatic carbocycles. The van der Waals surface area contributed by atoms with Crippen LogP contribution < -0.4 is 5.32 Å². The van der Waals surface area contributed by atoms with E-state index in [1.807, 2.05) is 6.92 Å². The maximum atomic E-state index is 12.0. The van der Waals surface area contributed by atoms with E-state index in [9.17, 15) is 13.6 Å². The topological polar surface area (TPSA) is 75.7 Å². The summed E-state index contributed by atoms with van der Waals surface area (Å²) in [4.78, 5) is 13.7. The normalized spacial score (nSPS) is 16.4. The molecule has 0 saturated carbocycles. The predicted octanol–water partition coefficient (Wildman–Crippen LogP) is 0.133. The van der Waals surface area contributed by atoms with Gasteiger partial charge >= 0.3 is 0 Å². The smallest absolute Gasteiger partial charge is 0.282 e. The SMILES string of the molecule is CCCCCN(C(=O)C1=CNCN1C)S(=O)[O-]. The van der Waals surface area contributed by atoms with Crippen LogP contribution in [0.5, 0.6) is 0 Å². The minimum Gasteiger partial charge on any atom is -0.755 e. The van der Waals surface area contributed by atoms with Crippen LogP contribution >= 0.6 is 0 Å². The number of carbonyl (C=O) groups is 1. The lowest BCUT2D eigenvalue weighted by atomic mass is 10.2. The van der Waals surface area contributed by atoms with Gasteiger partial charge in [-0.15, -0.1) is 0 Å². The highest BCUT2D eigenvalue weighted by atomic mass is 32.2. The van der Waals surface area contributed by atoms with Gasteiger partial charge in [0.25, 0.3) is 5.91 Å². The number of hydrogen-bond donors (Lipinski definition) is 1. The van der Waals surface area contributed by atoms with Crippen LogP contribution in [0.25, 0.3) is 0 Å². The molecule has 1 atom stereocenters. The van der Waals surface area contributed by atoms with Crippen molar-refractivity contribution in [1.82, 2.24) is 14.5 Å². The van der Waals surface area contributed by atoms with E-state index in [-0.39, 0.29) is 6.54 Å². The highest BCUT2D eigenvalue weighted by molar-refractivity contribution is 7.77. The molecule has 1 aliphatic heterocycles. The second kappa shape index (κ2) is 6.61. The first-order valence-electron chi connectivity index (χ1n) is 5.63. The molecule has 0 radical (unpaired) electrons. The molecule has 1 N–H and O–H groups in total. The number of hydrogen-bond acceptors (Lipinski definition) is 5. The number of unbranched alkanes of at least 4 members (excludes halogenated alkanes) is 2. The van der Waals surface area contributed by atoms with E-state index in [1.54, 1.807) is 18.1 Å². The van der Waals surface area contributed by atoms with Gasteiger partial charge in [-0.25, -0.2) is 0 Å². The number of carbonyl (C=O) groups excluding carboxylic acids is 1. The van der Waals surface area contributed by atoms with Gasteiger partial charge in [-0.3, -0.25) is 13.3 Å². The minimum absolute atomic E-state index is 0.244. The highest BCUT2D eigenvalue weighted by Crippen LogP contribution is 2.12. The molecule has 0 aromatic rings. The standard InChI is InChI=1S/C10H19N3O3S/c1-3-4-5-6-13(17(15)16)10(14)9-7-11-8-12(9)2/h7,11H,3-6,8H2,1-2H3,(H,15,16)/p-1. The number of amides is 1. The van der Waals surface area contributed by atoms with Gasteiger partial charge in [0.2, 0.25) is 0 Å². The Morgan fingerprint density at radius 2 is 2.35 bits per heavy atom. The first-order chi connectivity index (χ1) is 8.07.